The van der Waals surface area contributed by atoms with Crippen LogP contribution in [0.1, 0.15) is 87.7 Å². The second-order valence-corrected chi connectivity index (χ2v) is 14.3. The van der Waals surface area contributed by atoms with Crippen molar-refractivity contribution in [3.8, 4) is 23.6 Å². The number of phosphoric acid groups is 1. The normalized spacial score (nSPS) is 27.8. The quantitative estimate of drug-likeness (QED) is 0.442. The Morgan fingerprint density at radius 1 is 0.800 bits per heavy atom. The molecule has 0 bridgehead atoms. The fourth-order valence-corrected chi connectivity index (χ4v) is 8.29. The zero-order valence-electron chi connectivity index (χ0n) is 25.6. The second-order valence-electron chi connectivity index (χ2n) is 12.9. The predicted molar refractivity (Wildman–Crippen MR) is 159 cm³/mol. The number of nitrogens with zero attached hydrogens (tertiary/aromatic N) is 4. The van der Waals surface area contributed by atoms with Gasteiger partial charge in [-0.2, -0.15) is 10.5 Å². The minimum atomic E-state index is -5.01. The van der Waals surface area contributed by atoms with Gasteiger partial charge in [-0.05, 0) is 76.9 Å². The topological polar surface area (TPSA) is 162 Å². The van der Waals surface area contributed by atoms with Gasteiger partial charge in [0, 0.05) is 37.1 Å². The highest BCUT2D eigenvalue weighted by atomic mass is 31.2. The Kier molecular flexibility index (Phi) is 7.70. The molecular weight excluding hydrogens is 599 g/mol. The van der Waals surface area contributed by atoms with E-state index in [1.165, 1.54) is 0 Å². The average Bonchev–Trinajstić information content (AvgIpc) is 3.60. The van der Waals surface area contributed by atoms with Crippen molar-refractivity contribution in [2.75, 3.05) is 13.1 Å². The van der Waals surface area contributed by atoms with Crippen LogP contribution in [0.4, 0.5) is 0 Å². The lowest BCUT2D eigenvalue weighted by Gasteiger charge is -2.49. The maximum atomic E-state index is 14.2. The van der Waals surface area contributed by atoms with Gasteiger partial charge in [0.15, 0.2) is 0 Å². The highest BCUT2D eigenvalue weighted by Gasteiger charge is 2.56. The summed E-state index contributed by atoms with van der Waals surface area (Å²) in [7, 11) is -5.01. The summed E-state index contributed by atoms with van der Waals surface area (Å²) >= 11 is 0. The first kappa shape index (κ1) is 31.1. The lowest BCUT2D eigenvalue weighted by Crippen LogP contribution is -2.56. The van der Waals surface area contributed by atoms with Crippen molar-refractivity contribution in [1.82, 2.24) is 9.80 Å². The van der Waals surface area contributed by atoms with E-state index in [0.717, 1.165) is 0 Å². The number of nitriles is 2. The summed E-state index contributed by atoms with van der Waals surface area (Å²) in [5.41, 5.74) is -0.765. The van der Waals surface area contributed by atoms with Crippen LogP contribution in [0, 0.1) is 22.7 Å². The van der Waals surface area contributed by atoms with Crippen LogP contribution in [-0.4, -0.2) is 63.0 Å². The Morgan fingerprint density at radius 2 is 1.20 bits per heavy atom. The molecule has 2 saturated heterocycles. The molecule has 0 aromatic heterocycles. The Labute approximate surface area is 261 Å². The van der Waals surface area contributed by atoms with Crippen molar-refractivity contribution >= 4 is 19.6 Å². The van der Waals surface area contributed by atoms with E-state index >= 15 is 0 Å². The van der Waals surface area contributed by atoms with Crippen LogP contribution in [-0.2, 0) is 23.2 Å². The third-order valence-corrected chi connectivity index (χ3v) is 9.98. The Hall–Kier alpha value is -3.93. The molecule has 0 saturated carbocycles. The fourth-order valence-electron chi connectivity index (χ4n) is 6.92. The van der Waals surface area contributed by atoms with E-state index in [1.54, 1.807) is 73.9 Å². The summed E-state index contributed by atoms with van der Waals surface area (Å²) in [6.45, 7) is 7.59. The first-order valence-corrected chi connectivity index (χ1v) is 16.5. The number of carbonyl (C=O) groups excluding carboxylic acids is 2. The molecule has 2 aromatic rings. The highest BCUT2D eigenvalue weighted by molar-refractivity contribution is 7.47. The predicted octanol–water partition coefficient (Wildman–Crippen LogP) is 4.67. The molecule has 1 N–H and O–H groups in total. The maximum absolute atomic E-state index is 14.2. The Morgan fingerprint density at radius 3 is 1.53 bits per heavy atom. The van der Waals surface area contributed by atoms with Gasteiger partial charge in [0.1, 0.15) is 34.9 Å². The van der Waals surface area contributed by atoms with Gasteiger partial charge in [-0.25, -0.2) is 4.57 Å². The molecule has 12 nitrogen and oxygen atoms in total. The summed E-state index contributed by atoms with van der Waals surface area (Å²) in [6, 6.07) is 12.3. The highest BCUT2D eigenvalue weighted by Crippen LogP contribution is 2.58. The summed E-state index contributed by atoms with van der Waals surface area (Å²) < 4.78 is 38.8. The number of hydrogen-bond donors (Lipinski definition) is 1. The summed E-state index contributed by atoms with van der Waals surface area (Å²) in [5, 5.41) is 19.2. The van der Waals surface area contributed by atoms with E-state index in [1.807, 2.05) is 0 Å². The molecule has 1 unspecified atom stereocenters. The number of phosphoric ester groups is 1. The van der Waals surface area contributed by atoms with Gasteiger partial charge in [-0.3, -0.25) is 18.6 Å². The lowest BCUT2D eigenvalue weighted by atomic mass is 9.85. The molecule has 4 aliphatic heterocycles. The van der Waals surface area contributed by atoms with Gasteiger partial charge in [-0.1, -0.05) is 0 Å². The van der Waals surface area contributed by atoms with Crippen LogP contribution in [0.15, 0.2) is 36.4 Å². The smallest absolute Gasteiger partial charge is 0.473 e. The molecule has 2 aromatic carbocycles. The van der Waals surface area contributed by atoms with Crippen molar-refractivity contribution in [2.45, 2.75) is 88.9 Å². The van der Waals surface area contributed by atoms with E-state index in [2.05, 4.69) is 12.1 Å². The number of hydrogen-bond acceptors (Lipinski definition) is 9. The molecule has 2 fully saturated rings. The first-order chi connectivity index (χ1) is 21.2. The van der Waals surface area contributed by atoms with Crippen molar-refractivity contribution in [1.29, 1.82) is 10.5 Å². The molecule has 6 rings (SSSR count). The van der Waals surface area contributed by atoms with E-state index < -0.39 is 43.3 Å². The standard InChI is InChI=1S/C32H35N4O8P/c1-31(2)29(27(35-13-5-7-25(35)37)21-15-19(17-33)9-11-23(21)41-31)43-45(39,40)44-30-28(36-14-6-8-26(36)38)22-16-20(18-34)10-12-24(22)42-32(30,3)4/h9-12,15-16,27-30H,5-8,13-14H2,1-4H3,(H,39,40)/t27-,28+,29-,30+. The molecule has 5 atom stereocenters. The van der Waals surface area contributed by atoms with Crippen molar-refractivity contribution in [2.24, 2.45) is 0 Å². The van der Waals surface area contributed by atoms with Gasteiger partial charge in [-0.15, -0.1) is 0 Å². The Balaban J connectivity index is 1.40. The monoisotopic (exact) mass is 634 g/mol. The lowest BCUT2D eigenvalue weighted by molar-refractivity contribution is -0.144. The summed E-state index contributed by atoms with van der Waals surface area (Å²) in [6.07, 6.45) is -0.536. The molecule has 0 aliphatic carbocycles. The number of carbonyl (C=O) groups is 2. The Bertz CT molecular complexity index is 1580. The number of ether oxygens (including phenoxy) is 2. The number of fused-ring (bicyclic) bond motifs is 2. The van der Waals surface area contributed by atoms with E-state index in [0.29, 0.717) is 72.5 Å². The minimum Gasteiger partial charge on any atom is -0.485 e. The molecular formula is C32H35N4O8P. The third kappa shape index (κ3) is 5.57. The zero-order chi connectivity index (χ0) is 32.3. The van der Waals surface area contributed by atoms with Gasteiger partial charge in [0.05, 0.1) is 35.3 Å². The molecule has 45 heavy (non-hydrogen) atoms. The third-order valence-electron chi connectivity index (χ3n) is 8.99. The van der Waals surface area contributed by atoms with Crippen LogP contribution < -0.4 is 9.47 Å². The van der Waals surface area contributed by atoms with Crippen molar-refractivity contribution in [3.63, 3.8) is 0 Å². The molecule has 13 heteroatoms. The van der Waals surface area contributed by atoms with E-state index in [9.17, 15) is 29.6 Å². The van der Waals surface area contributed by atoms with Crippen LogP contribution in [0.5, 0.6) is 11.5 Å². The molecule has 0 radical (unpaired) electrons. The van der Waals surface area contributed by atoms with Gasteiger partial charge in [0.2, 0.25) is 11.8 Å². The minimum absolute atomic E-state index is 0.146. The first-order valence-electron chi connectivity index (χ1n) is 15.0. The van der Waals surface area contributed by atoms with Gasteiger partial charge >= 0.3 is 7.82 Å². The van der Waals surface area contributed by atoms with Crippen LogP contribution in [0.2, 0.25) is 0 Å². The number of benzene rings is 2. The number of rotatable bonds is 6. The summed E-state index contributed by atoms with van der Waals surface area (Å²) in [4.78, 5) is 40.9. The SMILES string of the molecule is CC1(C)Oc2ccc(C#N)cc2[C@@H](N2CCCC2=O)[C@H]1OP(=O)(O)O[C@H]1[C@@H](N2CCCC2=O)c2cc(C#N)ccc2OC1(C)C. The molecule has 4 heterocycles. The van der Waals surface area contributed by atoms with Crippen molar-refractivity contribution < 1.29 is 37.6 Å². The van der Waals surface area contributed by atoms with E-state index in [-0.39, 0.29) is 11.8 Å². The average molecular weight is 635 g/mol. The van der Waals surface area contributed by atoms with E-state index in [4.69, 9.17) is 18.5 Å². The zero-order valence-corrected chi connectivity index (χ0v) is 26.5. The van der Waals surface area contributed by atoms with Crippen LogP contribution >= 0.6 is 7.82 Å². The van der Waals surface area contributed by atoms with Crippen LogP contribution in [0.25, 0.3) is 0 Å². The largest absolute Gasteiger partial charge is 0.485 e. The molecule has 236 valence electrons. The van der Waals surface area contributed by atoms with Gasteiger partial charge in [0.25, 0.3) is 0 Å². The fraction of sp³-hybridized carbons (Fsp3) is 0.500. The second kappa shape index (κ2) is 11.1. The molecule has 4 aliphatic rings. The molecule has 0 spiro atoms. The number of amides is 2. The summed E-state index contributed by atoms with van der Waals surface area (Å²) in [5.74, 6) is 0.591. The number of likely N-dealkylation sites (tertiary alicyclic amines) is 2. The van der Waals surface area contributed by atoms with Gasteiger partial charge < -0.3 is 24.2 Å². The molecule has 2 amide bonds. The van der Waals surface area contributed by atoms with Crippen LogP contribution in [0.3, 0.4) is 0 Å². The van der Waals surface area contributed by atoms with Crippen molar-refractivity contribution in [3.05, 3.63) is 58.7 Å². The maximum Gasteiger partial charge on any atom is 0.473 e.